The predicted octanol–water partition coefficient (Wildman–Crippen LogP) is 2.22. The molecule has 1 unspecified atom stereocenters. The minimum atomic E-state index is 0. The fourth-order valence-corrected chi connectivity index (χ4v) is 2.26. The number of ether oxygens (including phenoxy) is 1. The Labute approximate surface area is 166 Å². The lowest BCUT2D eigenvalue weighted by molar-refractivity contribution is 0.222. The van der Waals surface area contributed by atoms with Crippen molar-refractivity contribution in [2.24, 2.45) is 12.0 Å². The first-order chi connectivity index (χ1) is 11.5. The summed E-state index contributed by atoms with van der Waals surface area (Å²) in [6, 6.07) is 8.06. The summed E-state index contributed by atoms with van der Waals surface area (Å²) in [4.78, 5) is 10.5. The second kappa shape index (κ2) is 10.2. The van der Waals surface area contributed by atoms with Crippen LogP contribution in [0.4, 0.5) is 0 Å². The van der Waals surface area contributed by atoms with Crippen LogP contribution in [0.2, 0.25) is 0 Å². The minimum absolute atomic E-state index is 0. The molecule has 0 saturated carbocycles. The molecule has 1 atom stereocenters. The number of guanidine groups is 1. The van der Waals surface area contributed by atoms with Crippen LogP contribution in [0.25, 0.3) is 0 Å². The summed E-state index contributed by atoms with van der Waals surface area (Å²) >= 11 is 0. The van der Waals surface area contributed by atoms with Crippen molar-refractivity contribution in [3.63, 3.8) is 0 Å². The molecule has 0 aliphatic carbocycles. The molecular formula is C17H27IN6O. The van der Waals surface area contributed by atoms with Crippen LogP contribution < -0.4 is 10.1 Å². The molecule has 0 radical (unpaired) electrons. The molecule has 0 bridgehead atoms. The Morgan fingerprint density at radius 1 is 1.36 bits per heavy atom. The number of nitrogens with one attached hydrogen (secondary N) is 1. The van der Waals surface area contributed by atoms with E-state index in [2.05, 4.69) is 27.3 Å². The Hall–Kier alpha value is -1.84. The number of aliphatic imine (C=N–C) groups is 1. The lowest BCUT2D eigenvalue weighted by atomic mass is 10.2. The van der Waals surface area contributed by atoms with Gasteiger partial charge in [-0.05, 0) is 26.0 Å². The van der Waals surface area contributed by atoms with E-state index in [-0.39, 0.29) is 30.1 Å². The summed E-state index contributed by atoms with van der Waals surface area (Å²) in [6.45, 7) is 5.38. The molecule has 2 rings (SSSR count). The number of halogens is 1. The summed E-state index contributed by atoms with van der Waals surface area (Å²) in [7, 11) is 5.61. The van der Waals surface area contributed by atoms with Crippen molar-refractivity contribution in [3.8, 4) is 5.75 Å². The van der Waals surface area contributed by atoms with Gasteiger partial charge < -0.3 is 15.0 Å². The van der Waals surface area contributed by atoms with Gasteiger partial charge in [-0.25, -0.2) is 4.98 Å². The van der Waals surface area contributed by atoms with E-state index in [4.69, 9.17) is 4.74 Å². The third-order valence-corrected chi connectivity index (χ3v) is 3.66. The van der Waals surface area contributed by atoms with Crippen molar-refractivity contribution in [1.82, 2.24) is 25.0 Å². The molecule has 0 amide bonds. The largest absolute Gasteiger partial charge is 0.489 e. The number of hydrogen-bond donors (Lipinski definition) is 1. The lowest BCUT2D eigenvalue weighted by Crippen LogP contribution is -2.42. The maximum Gasteiger partial charge on any atom is 0.193 e. The van der Waals surface area contributed by atoms with Crippen LogP contribution in [-0.4, -0.2) is 52.4 Å². The van der Waals surface area contributed by atoms with Gasteiger partial charge >= 0.3 is 0 Å². The van der Waals surface area contributed by atoms with Crippen LogP contribution in [0.15, 0.2) is 35.6 Å². The van der Waals surface area contributed by atoms with Gasteiger partial charge in [-0.15, -0.1) is 24.0 Å². The molecule has 0 fully saturated rings. The molecule has 0 aliphatic rings. The average molecular weight is 458 g/mol. The van der Waals surface area contributed by atoms with Crippen molar-refractivity contribution in [2.45, 2.75) is 26.5 Å². The topological polar surface area (TPSA) is 67.6 Å². The Bertz CT molecular complexity index is 670. The zero-order valence-corrected chi connectivity index (χ0v) is 17.8. The highest BCUT2D eigenvalue weighted by atomic mass is 127. The van der Waals surface area contributed by atoms with Crippen molar-refractivity contribution < 1.29 is 4.74 Å². The molecule has 1 aromatic carbocycles. The molecule has 0 aliphatic heterocycles. The first-order valence-corrected chi connectivity index (χ1v) is 7.97. The van der Waals surface area contributed by atoms with Gasteiger partial charge in [0.2, 0.25) is 0 Å². The predicted molar refractivity (Wildman–Crippen MR) is 111 cm³/mol. The highest BCUT2D eigenvalue weighted by molar-refractivity contribution is 14.0. The number of rotatable bonds is 6. The summed E-state index contributed by atoms with van der Waals surface area (Å²) < 4.78 is 7.66. The third-order valence-electron chi connectivity index (χ3n) is 3.66. The zero-order valence-electron chi connectivity index (χ0n) is 15.4. The summed E-state index contributed by atoms with van der Waals surface area (Å²) in [5.41, 5.74) is 1.22. The van der Waals surface area contributed by atoms with Crippen LogP contribution in [0.1, 0.15) is 18.3 Å². The van der Waals surface area contributed by atoms with E-state index in [1.807, 2.05) is 50.2 Å². The minimum Gasteiger partial charge on any atom is -0.489 e. The van der Waals surface area contributed by atoms with E-state index in [1.165, 1.54) is 5.56 Å². The molecule has 1 N–H and O–H groups in total. The zero-order chi connectivity index (χ0) is 17.5. The van der Waals surface area contributed by atoms with Gasteiger partial charge in [-0.3, -0.25) is 9.67 Å². The van der Waals surface area contributed by atoms with Crippen molar-refractivity contribution in [3.05, 3.63) is 42.0 Å². The van der Waals surface area contributed by atoms with Crippen molar-refractivity contribution in [1.29, 1.82) is 0 Å². The lowest BCUT2D eigenvalue weighted by Gasteiger charge is -2.23. The van der Waals surface area contributed by atoms with Crippen LogP contribution in [0.5, 0.6) is 5.75 Å². The van der Waals surface area contributed by atoms with Gasteiger partial charge in [-0.1, -0.05) is 17.7 Å². The quantitative estimate of drug-likeness (QED) is 0.409. The van der Waals surface area contributed by atoms with E-state index in [9.17, 15) is 0 Å². The summed E-state index contributed by atoms with van der Waals surface area (Å²) in [5.74, 6) is 2.54. The molecule has 1 heterocycles. The van der Waals surface area contributed by atoms with Gasteiger partial charge in [0, 0.05) is 21.1 Å². The van der Waals surface area contributed by atoms with Crippen LogP contribution >= 0.6 is 24.0 Å². The maximum absolute atomic E-state index is 5.91. The highest BCUT2D eigenvalue weighted by Crippen LogP contribution is 2.13. The molecule has 7 nitrogen and oxygen atoms in total. The Morgan fingerprint density at radius 2 is 2.04 bits per heavy atom. The Morgan fingerprint density at radius 3 is 2.60 bits per heavy atom. The van der Waals surface area contributed by atoms with Crippen LogP contribution in [0, 0.1) is 6.92 Å². The van der Waals surface area contributed by atoms with Crippen molar-refractivity contribution >= 4 is 29.9 Å². The van der Waals surface area contributed by atoms with Gasteiger partial charge in [-0.2, -0.15) is 5.10 Å². The van der Waals surface area contributed by atoms with Gasteiger partial charge in [0.25, 0.3) is 0 Å². The smallest absolute Gasteiger partial charge is 0.193 e. The summed E-state index contributed by atoms with van der Waals surface area (Å²) in [5, 5.41) is 7.41. The third kappa shape index (κ3) is 6.52. The van der Waals surface area contributed by atoms with Crippen LogP contribution in [-0.2, 0) is 13.6 Å². The summed E-state index contributed by atoms with van der Waals surface area (Å²) in [6.07, 6.45) is 1.57. The van der Waals surface area contributed by atoms with E-state index in [1.54, 1.807) is 18.1 Å². The number of nitrogens with zero attached hydrogens (tertiary/aromatic N) is 5. The number of hydrogen-bond acceptors (Lipinski definition) is 4. The maximum atomic E-state index is 5.91. The van der Waals surface area contributed by atoms with Crippen molar-refractivity contribution in [2.75, 3.05) is 20.6 Å². The first-order valence-electron chi connectivity index (χ1n) is 7.97. The average Bonchev–Trinajstić information content (AvgIpc) is 2.95. The van der Waals surface area contributed by atoms with Gasteiger partial charge in [0.15, 0.2) is 5.96 Å². The molecule has 8 heteroatoms. The molecular weight excluding hydrogens is 431 g/mol. The second-order valence-corrected chi connectivity index (χ2v) is 5.83. The number of aromatic nitrogens is 3. The number of aryl methyl sites for hydroxylation is 2. The van der Waals surface area contributed by atoms with E-state index in [0.717, 1.165) is 17.5 Å². The Balaban J connectivity index is 0.00000312. The fraction of sp³-hybridized carbons (Fsp3) is 0.471. The molecule has 0 spiro atoms. The van der Waals surface area contributed by atoms with Crippen LogP contribution in [0.3, 0.4) is 0 Å². The second-order valence-electron chi connectivity index (χ2n) is 5.83. The van der Waals surface area contributed by atoms with Gasteiger partial charge in [0.1, 0.15) is 24.0 Å². The molecule has 25 heavy (non-hydrogen) atoms. The monoisotopic (exact) mass is 458 g/mol. The van der Waals surface area contributed by atoms with E-state index in [0.29, 0.717) is 13.1 Å². The Kier molecular flexibility index (Phi) is 8.67. The molecule has 2 aromatic rings. The fourth-order valence-electron chi connectivity index (χ4n) is 2.26. The molecule has 1 aromatic heterocycles. The first kappa shape index (κ1) is 21.2. The SMILES string of the molecule is CN=C(NCC(C)Oc1ccc(C)cc1)N(C)Cc1ncnn1C.I. The standard InChI is InChI=1S/C17H26N6O.HI/c1-13-6-8-15(9-7-13)24-14(2)10-19-17(18-3)22(4)11-16-20-12-21-23(16)5;/h6-9,12,14H,10-11H2,1-5H3,(H,18,19);1H. The number of benzene rings is 1. The normalized spacial score (nSPS) is 12.3. The molecule has 138 valence electrons. The molecule has 0 saturated heterocycles. The van der Waals surface area contributed by atoms with E-state index >= 15 is 0 Å². The van der Waals surface area contributed by atoms with Gasteiger partial charge in [0.05, 0.1) is 13.1 Å². The highest BCUT2D eigenvalue weighted by Gasteiger charge is 2.11. The van der Waals surface area contributed by atoms with E-state index < -0.39 is 0 Å².